The van der Waals surface area contributed by atoms with Crippen LogP contribution in [-0.2, 0) is 40.0 Å². The van der Waals surface area contributed by atoms with Crippen molar-refractivity contribution >= 4 is 17.9 Å². The van der Waals surface area contributed by atoms with Gasteiger partial charge in [-0.25, -0.2) is 4.79 Å². The highest BCUT2D eigenvalue weighted by Gasteiger charge is 2.27. The quantitative estimate of drug-likeness (QED) is 0.0728. The van der Waals surface area contributed by atoms with Crippen molar-refractivity contribution in [3.05, 3.63) is 144 Å². The number of carbonyl (C=O) groups is 3. The van der Waals surface area contributed by atoms with Gasteiger partial charge in [0.15, 0.2) is 0 Å². The maximum absolute atomic E-state index is 12.9. The van der Waals surface area contributed by atoms with Gasteiger partial charge in [-0.3, -0.25) is 19.4 Å². The molecule has 0 bridgehead atoms. The first kappa shape index (κ1) is 51.0. The van der Waals surface area contributed by atoms with Gasteiger partial charge in [-0.05, 0) is 120 Å². The molecule has 2 aliphatic heterocycles. The number of piperazine rings is 2. The molecule has 0 aliphatic carbocycles. The smallest absolute Gasteiger partial charge is 0.410 e. The molecule has 0 radical (unpaired) electrons. The Bertz CT molecular complexity index is 1810. The fourth-order valence-electron chi connectivity index (χ4n) is 8.60. The standard InChI is InChI=1S/C30H43N3O3.C25H35N3O/c1-30(2,3)36-29(35)33-22-20-32(21-23-33)24-28(34)31-27(18-10-16-25-12-6-4-7-13-25)19-11-17-26-14-8-5-9-15-26;29-25(21-28-19-17-26-18-20-28)27-24(15-7-13-22-9-3-1-4-10-22)16-8-14-23-11-5-2-6-12-23/h4-9,12-15,27H,10-11,16-24H2,1-3H3,(H,31,34);1-6,9-12,24,26H,7-8,13-21H2,(H,27,29). The van der Waals surface area contributed by atoms with E-state index >= 15 is 0 Å². The summed E-state index contributed by atoms with van der Waals surface area (Å²) in [6, 6.07) is 42.8. The number of benzene rings is 4. The normalized spacial score (nSPS) is 14.7. The lowest BCUT2D eigenvalue weighted by Crippen LogP contribution is -2.52. The molecule has 2 fully saturated rings. The first-order chi connectivity index (χ1) is 31.6. The molecule has 3 N–H and O–H groups in total. The molecule has 65 heavy (non-hydrogen) atoms. The predicted molar refractivity (Wildman–Crippen MR) is 265 cm³/mol. The van der Waals surface area contributed by atoms with Crippen molar-refractivity contribution in [2.45, 2.75) is 116 Å². The Kier molecular flexibility index (Phi) is 22.6. The van der Waals surface area contributed by atoms with Crippen molar-refractivity contribution in [2.24, 2.45) is 0 Å². The summed E-state index contributed by atoms with van der Waals surface area (Å²) >= 11 is 0. The van der Waals surface area contributed by atoms with Gasteiger partial charge in [0, 0.05) is 64.4 Å². The molecule has 0 saturated carbocycles. The molecule has 0 spiro atoms. The maximum atomic E-state index is 12.9. The van der Waals surface area contributed by atoms with Gasteiger partial charge in [0.25, 0.3) is 0 Å². The molecule has 4 aromatic carbocycles. The van der Waals surface area contributed by atoms with E-state index in [9.17, 15) is 14.4 Å². The van der Waals surface area contributed by atoms with E-state index in [-0.39, 0.29) is 30.0 Å². The highest BCUT2D eigenvalue weighted by atomic mass is 16.6. The Morgan fingerprint density at radius 2 is 0.831 bits per heavy atom. The van der Waals surface area contributed by atoms with Crippen LogP contribution >= 0.6 is 0 Å². The fourth-order valence-corrected chi connectivity index (χ4v) is 8.60. The number of ether oxygens (including phenoxy) is 1. The van der Waals surface area contributed by atoms with Crippen LogP contribution < -0.4 is 16.0 Å². The van der Waals surface area contributed by atoms with Crippen LogP contribution in [0.3, 0.4) is 0 Å². The lowest BCUT2D eigenvalue weighted by atomic mass is 9.99. The minimum absolute atomic E-state index is 0.0742. The van der Waals surface area contributed by atoms with Gasteiger partial charge in [-0.15, -0.1) is 0 Å². The highest BCUT2D eigenvalue weighted by Crippen LogP contribution is 2.16. The Hall–Kier alpha value is -5.03. The largest absolute Gasteiger partial charge is 0.444 e. The Labute approximate surface area is 390 Å². The Morgan fingerprint density at radius 3 is 1.15 bits per heavy atom. The molecule has 0 aromatic heterocycles. The third kappa shape index (κ3) is 21.7. The summed E-state index contributed by atoms with van der Waals surface area (Å²) in [5.74, 6) is 0.251. The summed E-state index contributed by atoms with van der Waals surface area (Å²) in [5.41, 5.74) is 4.94. The molecular formula is C55H78N6O4. The monoisotopic (exact) mass is 887 g/mol. The second-order valence-corrected chi connectivity index (χ2v) is 18.8. The lowest BCUT2D eigenvalue weighted by molar-refractivity contribution is -0.124. The number of nitrogens with zero attached hydrogens (tertiary/aromatic N) is 3. The molecule has 0 unspecified atom stereocenters. The third-order valence-electron chi connectivity index (χ3n) is 12.1. The fraction of sp³-hybridized carbons (Fsp3) is 0.509. The van der Waals surface area contributed by atoms with E-state index in [2.05, 4.69) is 135 Å². The number of aryl methyl sites for hydroxylation is 4. The van der Waals surface area contributed by atoms with Crippen LogP contribution in [0.2, 0.25) is 0 Å². The van der Waals surface area contributed by atoms with Crippen LogP contribution in [0.25, 0.3) is 0 Å². The van der Waals surface area contributed by atoms with Crippen molar-refractivity contribution in [3.63, 3.8) is 0 Å². The van der Waals surface area contributed by atoms with E-state index in [0.29, 0.717) is 39.3 Å². The van der Waals surface area contributed by atoms with Gasteiger partial charge in [-0.2, -0.15) is 0 Å². The summed E-state index contributed by atoms with van der Waals surface area (Å²) in [6.45, 7) is 12.9. The van der Waals surface area contributed by atoms with Gasteiger partial charge in [0.05, 0.1) is 13.1 Å². The average Bonchev–Trinajstić information content (AvgIpc) is 3.30. The number of rotatable bonds is 22. The third-order valence-corrected chi connectivity index (χ3v) is 12.1. The van der Waals surface area contributed by atoms with Crippen molar-refractivity contribution in [1.82, 2.24) is 30.7 Å². The second kappa shape index (κ2) is 28.8. The van der Waals surface area contributed by atoms with Crippen LogP contribution in [-0.4, -0.2) is 116 Å². The Morgan fingerprint density at radius 1 is 0.508 bits per heavy atom. The zero-order valence-electron chi connectivity index (χ0n) is 39.7. The van der Waals surface area contributed by atoms with Crippen molar-refractivity contribution in [1.29, 1.82) is 0 Å². The number of hydrogen-bond donors (Lipinski definition) is 3. The molecule has 352 valence electrons. The topological polar surface area (TPSA) is 106 Å². The molecule has 4 aromatic rings. The SMILES string of the molecule is CC(C)(C)OC(=O)N1CCN(CC(=O)NC(CCCc2ccccc2)CCCc2ccccc2)CC1.O=C(CN1CCNCC1)NC(CCCc1ccccc1)CCCc1ccccc1. The highest BCUT2D eigenvalue weighted by molar-refractivity contribution is 5.78. The number of amides is 3. The number of nitrogens with one attached hydrogen (secondary N) is 3. The number of hydrogen-bond acceptors (Lipinski definition) is 7. The van der Waals surface area contributed by atoms with Crippen molar-refractivity contribution in [2.75, 3.05) is 65.4 Å². The van der Waals surface area contributed by atoms with Gasteiger partial charge in [0.2, 0.25) is 11.8 Å². The molecule has 6 rings (SSSR count). The molecule has 2 heterocycles. The molecular weight excluding hydrogens is 809 g/mol. The van der Waals surface area contributed by atoms with E-state index in [1.165, 1.54) is 22.3 Å². The Balaban J connectivity index is 0.000000250. The van der Waals surface area contributed by atoms with Crippen LogP contribution in [0, 0.1) is 0 Å². The lowest BCUT2D eigenvalue weighted by Gasteiger charge is -2.35. The minimum atomic E-state index is -0.496. The number of carbonyl (C=O) groups excluding carboxylic acids is 3. The van der Waals surface area contributed by atoms with Crippen molar-refractivity contribution < 1.29 is 19.1 Å². The molecule has 10 nitrogen and oxygen atoms in total. The van der Waals surface area contributed by atoms with E-state index < -0.39 is 5.60 Å². The van der Waals surface area contributed by atoms with Gasteiger partial charge < -0.3 is 25.6 Å². The van der Waals surface area contributed by atoms with Crippen LogP contribution in [0.15, 0.2) is 121 Å². The zero-order valence-corrected chi connectivity index (χ0v) is 39.7. The summed E-state index contributed by atoms with van der Waals surface area (Å²) in [5, 5.41) is 9.99. The second-order valence-electron chi connectivity index (χ2n) is 18.8. The van der Waals surface area contributed by atoms with Crippen molar-refractivity contribution in [3.8, 4) is 0 Å². The first-order valence-corrected chi connectivity index (χ1v) is 24.5. The van der Waals surface area contributed by atoms with E-state index in [1.807, 2.05) is 32.9 Å². The molecule has 3 amide bonds. The average molecular weight is 887 g/mol. The van der Waals surface area contributed by atoms with Gasteiger partial charge in [-0.1, -0.05) is 121 Å². The zero-order chi connectivity index (χ0) is 46.0. The summed E-state index contributed by atoms with van der Waals surface area (Å²) in [4.78, 5) is 44.0. The summed E-state index contributed by atoms with van der Waals surface area (Å²) in [6.07, 6.45) is 12.3. The maximum Gasteiger partial charge on any atom is 0.410 e. The molecule has 2 saturated heterocycles. The molecule has 10 heteroatoms. The van der Waals surface area contributed by atoms with Crippen LogP contribution in [0.1, 0.15) is 94.4 Å². The predicted octanol–water partition coefficient (Wildman–Crippen LogP) is 8.49. The van der Waals surface area contributed by atoms with Gasteiger partial charge >= 0.3 is 6.09 Å². The van der Waals surface area contributed by atoms with Crippen LogP contribution in [0.4, 0.5) is 4.79 Å². The summed E-state index contributed by atoms with van der Waals surface area (Å²) in [7, 11) is 0. The summed E-state index contributed by atoms with van der Waals surface area (Å²) < 4.78 is 5.47. The molecule has 2 aliphatic rings. The van der Waals surface area contributed by atoms with Gasteiger partial charge in [0.1, 0.15) is 5.60 Å². The minimum Gasteiger partial charge on any atom is -0.444 e. The van der Waals surface area contributed by atoms with E-state index in [1.54, 1.807) is 4.90 Å². The first-order valence-electron chi connectivity index (χ1n) is 24.5. The van der Waals surface area contributed by atoms with E-state index in [0.717, 1.165) is 103 Å². The molecule has 0 atom stereocenters. The van der Waals surface area contributed by atoms with E-state index in [4.69, 9.17) is 4.74 Å². The van der Waals surface area contributed by atoms with Crippen LogP contribution in [0.5, 0.6) is 0 Å².